The van der Waals surface area contributed by atoms with E-state index in [4.69, 9.17) is 12.2 Å². The van der Waals surface area contributed by atoms with Crippen LogP contribution in [0.1, 0.15) is 0 Å². The summed E-state index contributed by atoms with van der Waals surface area (Å²) in [5.41, 5.74) is 5.80. The molecule has 1 rings (SSSR count). The van der Waals surface area contributed by atoms with E-state index in [1.54, 1.807) is 18.2 Å². The fraction of sp³-hybridized carbons (Fsp3) is 0.364. The lowest BCUT2D eigenvalue weighted by Gasteiger charge is -2.14. The molecule has 0 aliphatic heterocycles. The van der Waals surface area contributed by atoms with E-state index in [2.05, 4.69) is 16.2 Å². The van der Waals surface area contributed by atoms with Gasteiger partial charge in [-0.25, -0.2) is 0 Å². The van der Waals surface area contributed by atoms with Gasteiger partial charge in [-0.2, -0.15) is 0 Å². The number of benzene rings is 1. The molecule has 0 spiro atoms. The fourth-order valence-corrected chi connectivity index (χ4v) is 1.45. The number of nitro groups is 1. The summed E-state index contributed by atoms with van der Waals surface area (Å²) in [5, 5.41) is 14.2. The maximum atomic E-state index is 10.8. The summed E-state index contributed by atoms with van der Waals surface area (Å²) >= 11 is 5.04. The molecule has 0 amide bonds. The first-order chi connectivity index (χ1) is 9.00. The molecule has 0 saturated carbocycles. The molecule has 0 radical (unpaired) electrons. The maximum Gasteiger partial charge on any atom is 0.294 e. The Morgan fingerprint density at radius 2 is 2.11 bits per heavy atom. The summed E-state index contributed by atoms with van der Waals surface area (Å²) in [7, 11) is 3.92. The van der Waals surface area contributed by atoms with Crippen molar-refractivity contribution in [3.05, 3.63) is 34.4 Å². The molecule has 7 nitrogen and oxygen atoms in total. The Balaban J connectivity index is 2.44. The Bertz CT molecular complexity index is 452. The minimum absolute atomic E-state index is 0.00825. The maximum absolute atomic E-state index is 10.8. The molecular weight excluding hydrogens is 266 g/mol. The van der Waals surface area contributed by atoms with Gasteiger partial charge in [0.15, 0.2) is 5.11 Å². The van der Waals surface area contributed by atoms with Gasteiger partial charge in [0, 0.05) is 19.2 Å². The second-order valence-electron chi connectivity index (χ2n) is 4.08. The number of para-hydroxylation sites is 2. The molecule has 1 aromatic carbocycles. The lowest BCUT2D eigenvalue weighted by atomic mass is 10.3. The molecule has 0 saturated heterocycles. The molecular formula is C11H17N5O2S. The number of hydrazine groups is 1. The molecule has 3 N–H and O–H groups in total. The van der Waals surface area contributed by atoms with Gasteiger partial charge in [-0.05, 0) is 32.4 Å². The van der Waals surface area contributed by atoms with Crippen LogP contribution >= 0.6 is 12.2 Å². The Morgan fingerprint density at radius 3 is 2.74 bits per heavy atom. The molecule has 0 bridgehead atoms. The summed E-state index contributed by atoms with van der Waals surface area (Å²) in [4.78, 5) is 12.4. The van der Waals surface area contributed by atoms with Gasteiger partial charge in [0.2, 0.25) is 0 Å². The monoisotopic (exact) mass is 283 g/mol. The van der Waals surface area contributed by atoms with Gasteiger partial charge < -0.3 is 10.2 Å². The van der Waals surface area contributed by atoms with Crippen LogP contribution in [0.4, 0.5) is 11.4 Å². The predicted molar refractivity (Wildman–Crippen MR) is 79.0 cm³/mol. The highest BCUT2D eigenvalue weighted by molar-refractivity contribution is 7.80. The number of nitro benzene ring substituents is 1. The fourth-order valence-electron chi connectivity index (χ4n) is 1.30. The van der Waals surface area contributed by atoms with Crippen LogP contribution in [0, 0.1) is 10.1 Å². The largest absolute Gasteiger partial charge is 0.360 e. The van der Waals surface area contributed by atoms with E-state index in [-0.39, 0.29) is 5.69 Å². The van der Waals surface area contributed by atoms with Crippen LogP contribution in [0.3, 0.4) is 0 Å². The van der Waals surface area contributed by atoms with Gasteiger partial charge in [-0.3, -0.25) is 21.0 Å². The number of hydrogen-bond donors (Lipinski definition) is 3. The van der Waals surface area contributed by atoms with E-state index in [1.807, 2.05) is 19.0 Å². The van der Waals surface area contributed by atoms with Crippen molar-refractivity contribution in [3.8, 4) is 0 Å². The number of nitrogens with one attached hydrogen (secondary N) is 3. The lowest BCUT2D eigenvalue weighted by Crippen LogP contribution is -2.41. The van der Waals surface area contributed by atoms with Gasteiger partial charge in [-0.1, -0.05) is 12.1 Å². The predicted octanol–water partition coefficient (Wildman–Crippen LogP) is 0.947. The Labute approximate surface area is 117 Å². The number of thiocarbonyl (C=S) groups is 1. The number of rotatable bonds is 6. The van der Waals surface area contributed by atoms with Crippen molar-refractivity contribution < 1.29 is 4.92 Å². The van der Waals surface area contributed by atoms with E-state index < -0.39 is 4.92 Å². The van der Waals surface area contributed by atoms with E-state index in [1.165, 1.54) is 6.07 Å². The zero-order valence-corrected chi connectivity index (χ0v) is 11.7. The number of nitrogens with zero attached hydrogens (tertiary/aromatic N) is 2. The van der Waals surface area contributed by atoms with Crippen molar-refractivity contribution in [2.45, 2.75) is 0 Å². The van der Waals surface area contributed by atoms with Crippen LogP contribution in [-0.2, 0) is 0 Å². The van der Waals surface area contributed by atoms with Gasteiger partial charge in [0.25, 0.3) is 5.69 Å². The number of anilines is 1. The zero-order valence-electron chi connectivity index (χ0n) is 10.8. The summed E-state index contributed by atoms with van der Waals surface area (Å²) in [6.45, 7) is 1.53. The average Bonchev–Trinajstić information content (AvgIpc) is 2.36. The van der Waals surface area contributed by atoms with E-state index in [0.29, 0.717) is 17.3 Å². The van der Waals surface area contributed by atoms with Gasteiger partial charge in [-0.15, -0.1) is 0 Å². The van der Waals surface area contributed by atoms with Gasteiger partial charge in [0.1, 0.15) is 5.69 Å². The van der Waals surface area contributed by atoms with E-state index >= 15 is 0 Å². The quantitative estimate of drug-likeness (QED) is 0.407. The summed E-state index contributed by atoms with van der Waals surface area (Å²) in [5.74, 6) is 0. The summed E-state index contributed by atoms with van der Waals surface area (Å²) < 4.78 is 0. The molecule has 0 aliphatic carbocycles. The molecule has 0 aliphatic rings. The van der Waals surface area contributed by atoms with Crippen molar-refractivity contribution in [1.29, 1.82) is 0 Å². The first-order valence-electron chi connectivity index (χ1n) is 5.68. The normalized spacial score (nSPS) is 10.1. The minimum Gasteiger partial charge on any atom is -0.360 e. The molecule has 8 heteroatoms. The SMILES string of the molecule is CN(C)CCNC(=S)NNc1ccccc1[N+](=O)[O-]. The Kier molecular flexibility index (Phi) is 5.97. The topological polar surface area (TPSA) is 82.5 Å². The highest BCUT2D eigenvalue weighted by Crippen LogP contribution is 2.21. The molecule has 19 heavy (non-hydrogen) atoms. The van der Waals surface area contributed by atoms with Crippen LogP contribution < -0.4 is 16.2 Å². The zero-order chi connectivity index (χ0) is 14.3. The van der Waals surface area contributed by atoms with E-state index in [9.17, 15) is 10.1 Å². The third kappa shape index (κ3) is 5.49. The second-order valence-corrected chi connectivity index (χ2v) is 4.49. The first-order valence-corrected chi connectivity index (χ1v) is 6.09. The molecule has 1 aromatic rings. The third-order valence-electron chi connectivity index (χ3n) is 2.26. The van der Waals surface area contributed by atoms with Crippen molar-refractivity contribution in [2.75, 3.05) is 32.6 Å². The summed E-state index contributed by atoms with van der Waals surface area (Å²) in [6.07, 6.45) is 0. The molecule has 104 valence electrons. The molecule has 0 aromatic heterocycles. The number of hydrogen-bond acceptors (Lipinski definition) is 5. The second kappa shape index (κ2) is 7.49. The first kappa shape index (κ1) is 15.1. The Morgan fingerprint density at radius 1 is 1.42 bits per heavy atom. The van der Waals surface area contributed by atoms with Gasteiger partial charge >= 0.3 is 0 Å². The van der Waals surface area contributed by atoms with Crippen molar-refractivity contribution in [1.82, 2.24) is 15.6 Å². The summed E-state index contributed by atoms with van der Waals surface area (Å²) in [6, 6.07) is 6.34. The van der Waals surface area contributed by atoms with Crippen LogP contribution in [0.2, 0.25) is 0 Å². The third-order valence-corrected chi connectivity index (χ3v) is 2.50. The Hall–Kier alpha value is -1.93. The molecule has 0 fully saturated rings. The lowest BCUT2D eigenvalue weighted by molar-refractivity contribution is -0.384. The van der Waals surface area contributed by atoms with Crippen LogP contribution in [0.15, 0.2) is 24.3 Å². The van der Waals surface area contributed by atoms with Crippen molar-refractivity contribution in [3.63, 3.8) is 0 Å². The minimum atomic E-state index is -0.452. The van der Waals surface area contributed by atoms with Crippen LogP contribution in [0.5, 0.6) is 0 Å². The van der Waals surface area contributed by atoms with Crippen molar-refractivity contribution in [2.24, 2.45) is 0 Å². The smallest absolute Gasteiger partial charge is 0.294 e. The van der Waals surface area contributed by atoms with Gasteiger partial charge in [0.05, 0.1) is 4.92 Å². The highest BCUT2D eigenvalue weighted by atomic mass is 32.1. The highest BCUT2D eigenvalue weighted by Gasteiger charge is 2.11. The molecule has 0 atom stereocenters. The molecule has 0 unspecified atom stereocenters. The standard InChI is InChI=1S/C11H17N5O2S/c1-15(2)8-7-12-11(19)14-13-9-5-3-4-6-10(9)16(17)18/h3-6,13H,7-8H2,1-2H3,(H2,12,14,19). The number of likely N-dealkylation sites (N-methyl/N-ethyl adjacent to an activating group) is 1. The van der Waals surface area contributed by atoms with Crippen LogP contribution in [-0.4, -0.2) is 42.1 Å². The van der Waals surface area contributed by atoms with Crippen LogP contribution in [0.25, 0.3) is 0 Å². The molecule has 0 heterocycles. The van der Waals surface area contributed by atoms with E-state index in [0.717, 1.165) is 6.54 Å². The average molecular weight is 283 g/mol. The van der Waals surface area contributed by atoms with Crippen molar-refractivity contribution >= 4 is 28.7 Å².